The Bertz CT molecular complexity index is 621. The minimum atomic E-state index is 0. The van der Waals surface area contributed by atoms with Crippen LogP contribution in [0.1, 0.15) is 22.3 Å². The van der Waals surface area contributed by atoms with Crippen molar-refractivity contribution in [1.82, 2.24) is 0 Å². The third-order valence-electron chi connectivity index (χ3n) is 3.26. The van der Waals surface area contributed by atoms with E-state index in [1.54, 1.807) is 6.07 Å². The Hall–Kier alpha value is -2.06. The third-order valence-corrected chi connectivity index (χ3v) is 3.26. The van der Waals surface area contributed by atoms with Gasteiger partial charge in [0.1, 0.15) is 5.75 Å². The summed E-state index contributed by atoms with van der Waals surface area (Å²) in [4.78, 5) is 0. The number of phenolic OH excluding ortho intramolecular Hbond substituents is 1. The van der Waals surface area contributed by atoms with Crippen LogP contribution in [0.15, 0.2) is 78.9 Å². The summed E-state index contributed by atoms with van der Waals surface area (Å²) in [6.07, 6.45) is 0. The smallest absolute Gasteiger partial charge is 0.508 e. The average molecular weight is 485 g/mol. The number of hydrogen-bond donors (Lipinski definition) is 1. The number of phenols is 1. The Kier molecular flexibility index (Phi) is 11.3. The molecule has 2 heteroatoms. The van der Waals surface area contributed by atoms with E-state index in [-0.39, 0.29) is 22.4 Å². The van der Waals surface area contributed by atoms with Gasteiger partial charge in [0.2, 0.25) is 0 Å². The standard InChI is InChI=1S/C8H10O.2C7H7.Ta/c1-6-4-3-5-8(9)7(6)2;2*1-7-5-3-2-4-6-7;/h3-5,9H,1-2H3;2*2-6H,1H2;/q;2*-1;+2. The van der Waals surface area contributed by atoms with Gasteiger partial charge in [-0.05, 0) is 31.0 Å². The van der Waals surface area contributed by atoms with Crippen molar-refractivity contribution in [2.24, 2.45) is 0 Å². The van der Waals surface area contributed by atoms with Crippen molar-refractivity contribution in [2.75, 3.05) is 0 Å². The van der Waals surface area contributed by atoms with Crippen LogP contribution in [0.2, 0.25) is 0 Å². The van der Waals surface area contributed by atoms with Gasteiger partial charge in [0.15, 0.2) is 0 Å². The Morgan fingerprint density at radius 2 is 1.04 bits per heavy atom. The maximum Gasteiger partial charge on any atom is 2.00 e. The Morgan fingerprint density at radius 3 is 1.29 bits per heavy atom. The molecular formula is C22H24OTa. The van der Waals surface area contributed by atoms with Gasteiger partial charge in [-0.2, -0.15) is 49.2 Å². The van der Waals surface area contributed by atoms with Crippen LogP contribution in [0.5, 0.6) is 5.75 Å². The zero-order valence-electron chi connectivity index (χ0n) is 14.3. The normalized spacial score (nSPS) is 8.58. The Morgan fingerprint density at radius 1 is 0.625 bits per heavy atom. The summed E-state index contributed by atoms with van der Waals surface area (Å²) in [7, 11) is 0. The fourth-order valence-corrected chi connectivity index (χ4v) is 1.69. The molecule has 24 heavy (non-hydrogen) atoms. The van der Waals surface area contributed by atoms with Crippen molar-refractivity contribution in [3.05, 3.63) is 115 Å². The molecule has 0 aliphatic carbocycles. The summed E-state index contributed by atoms with van der Waals surface area (Å²) in [6, 6.07) is 25.3. The van der Waals surface area contributed by atoms with Gasteiger partial charge in [-0.1, -0.05) is 24.3 Å². The average Bonchev–Trinajstić information content (AvgIpc) is 2.55. The molecule has 0 aliphatic heterocycles. The molecule has 0 atom stereocenters. The first-order valence-electron chi connectivity index (χ1n) is 7.50. The summed E-state index contributed by atoms with van der Waals surface area (Å²) >= 11 is 0. The molecule has 0 fully saturated rings. The molecular weight excluding hydrogens is 461 g/mol. The van der Waals surface area contributed by atoms with Crippen molar-refractivity contribution in [3.63, 3.8) is 0 Å². The molecule has 0 aliphatic rings. The van der Waals surface area contributed by atoms with Gasteiger partial charge in [-0.25, -0.2) is 0 Å². The zero-order valence-corrected chi connectivity index (χ0v) is 17.5. The summed E-state index contributed by atoms with van der Waals surface area (Å²) in [6.45, 7) is 11.3. The van der Waals surface area contributed by atoms with E-state index >= 15 is 0 Å². The second kappa shape index (κ2) is 12.4. The van der Waals surface area contributed by atoms with Crippen LogP contribution in [0, 0.1) is 27.7 Å². The maximum absolute atomic E-state index is 9.10. The van der Waals surface area contributed by atoms with Crippen molar-refractivity contribution in [2.45, 2.75) is 13.8 Å². The van der Waals surface area contributed by atoms with Crippen molar-refractivity contribution >= 4 is 0 Å². The molecule has 3 aromatic carbocycles. The number of aryl methyl sites for hydroxylation is 1. The van der Waals surface area contributed by atoms with Gasteiger partial charge in [0.05, 0.1) is 0 Å². The molecule has 0 bridgehead atoms. The van der Waals surface area contributed by atoms with Crippen molar-refractivity contribution < 1.29 is 27.5 Å². The molecule has 123 valence electrons. The SMILES string of the molecule is Cc1cccc(O)c1C.[CH2-]c1ccccc1.[CH2-]c1ccccc1.[Ta+2]. The van der Waals surface area contributed by atoms with E-state index in [2.05, 4.69) is 13.8 Å². The molecule has 0 spiro atoms. The molecule has 1 nitrogen and oxygen atoms in total. The van der Waals surface area contributed by atoms with Crippen LogP contribution in [-0.2, 0) is 22.4 Å². The largest absolute Gasteiger partial charge is 2.00 e. The number of rotatable bonds is 0. The topological polar surface area (TPSA) is 20.2 Å². The van der Waals surface area contributed by atoms with Crippen LogP contribution < -0.4 is 0 Å². The quantitative estimate of drug-likeness (QED) is 0.403. The van der Waals surface area contributed by atoms with Gasteiger partial charge in [-0.15, -0.1) is 24.3 Å². The predicted octanol–water partition coefficient (Wildman–Crippen LogP) is 5.74. The zero-order chi connectivity index (χ0) is 17.1. The fourth-order valence-electron chi connectivity index (χ4n) is 1.69. The second-order valence-electron chi connectivity index (χ2n) is 5.19. The second-order valence-corrected chi connectivity index (χ2v) is 5.19. The molecule has 0 unspecified atom stereocenters. The first-order valence-corrected chi connectivity index (χ1v) is 7.50. The summed E-state index contributed by atoms with van der Waals surface area (Å²) in [5.41, 5.74) is 4.25. The molecule has 0 heterocycles. The minimum Gasteiger partial charge on any atom is -0.508 e. The third kappa shape index (κ3) is 9.16. The van der Waals surface area contributed by atoms with Crippen molar-refractivity contribution in [1.29, 1.82) is 0 Å². The summed E-state index contributed by atoms with van der Waals surface area (Å²) < 4.78 is 0. The van der Waals surface area contributed by atoms with Gasteiger partial charge >= 0.3 is 22.4 Å². The maximum atomic E-state index is 9.10. The van der Waals surface area contributed by atoms with Crippen LogP contribution >= 0.6 is 0 Å². The Labute approximate surface area is 161 Å². The van der Waals surface area contributed by atoms with E-state index < -0.39 is 0 Å². The molecule has 3 rings (SSSR count). The molecule has 1 radical (unpaired) electrons. The van der Waals surface area contributed by atoms with Gasteiger partial charge < -0.3 is 5.11 Å². The summed E-state index contributed by atoms with van der Waals surface area (Å²) in [5, 5.41) is 9.10. The minimum absolute atomic E-state index is 0. The molecule has 0 amide bonds. The van der Waals surface area contributed by atoms with Gasteiger partial charge in [-0.3, -0.25) is 0 Å². The number of hydrogen-bond acceptors (Lipinski definition) is 1. The first-order chi connectivity index (χ1) is 11.0. The van der Waals surface area contributed by atoms with Crippen LogP contribution in [0.25, 0.3) is 0 Å². The van der Waals surface area contributed by atoms with Crippen LogP contribution in [0.3, 0.4) is 0 Å². The molecule has 1 N–H and O–H groups in total. The van der Waals surface area contributed by atoms with E-state index in [0.717, 1.165) is 22.3 Å². The van der Waals surface area contributed by atoms with Crippen LogP contribution in [0.4, 0.5) is 0 Å². The Balaban J connectivity index is 0.000000327. The fraction of sp³-hybridized carbons (Fsp3) is 0.0909. The van der Waals surface area contributed by atoms with Gasteiger partial charge in [0, 0.05) is 0 Å². The first kappa shape index (κ1) is 21.9. The molecule has 0 saturated carbocycles. The van der Waals surface area contributed by atoms with E-state index in [0.29, 0.717) is 5.75 Å². The van der Waals surface area contributed by atoms with E-state index in [1.807, 2.05) is 86.6 Å². The van der Waals surface area contributed by atoms with Crippen LogP contribution in [-0.4, -0.2) is 5.11 Å². The molecule has 0 aromatic heterocycles. The predicted molar refractivity (Wildman–Crippen MR) is 99.4 cm³/mol. The van der Waals surface area contributed by atoms with Gasteiger partial charge in [0.25, 0.3) is 0 Å². The van der Waals surface area contributed by atoms with Crippen molar-refractivity contribution in [3.8, 4) is 5.75 Å². The number of benzene rings is 3. The number of aromatic hydroxyl groups is 1. The molecule has 3 aromatic rings. The molecule has 0 saturated heterocycles. The summed E-state index contributed by atoms with van der Waals surface area (Å²) in [5.74, 6) is 0.384. The van der Waals surface area contributed by atoms with E-state index in [1.165, 1.54) is 0 Å². The van der Waals surface area contributed by atoms with E-state index in [9.17, 15) is 0 Å². The van der Waals surface area contributed by atoms with E-state index in [4.69, 9.17) is 5.11 Å². The monoisotopic (exact) mass is 485 g/mol.